The van der Waals surface area contributed by atoms with Crippen molar-refractivity contribution < 1.29 is 4.79 Å². The van der Waals surface area contributed by atoms with E-state index in [1.54, 1.807) is 0 Å². The molecule has 5 heteroatoms. The van der Waals surface area contributed by atoms with Gasteiger partial charge in [-0.3, -0.25) is 4.79 Å². The van der Waals surface area contributed by atoms with E-state index in [9.17, 15) is 4.79 Å². The minimum Gasteiger partial charge on any atom is -0.338 e. The van der Waals surface area contributed by atoms with E-state index in [1.165, 1.54) is 11.3 Å². The van der Waals surface area contributed by atoms with Gasteiger partial charge < -0.3 is 10.2 Å². The molecule has 0 aromatic carbocycles. The Labute approximate surface area is 106 Å². The minimum atomic E-state index is 0. The van der Waals surface area contributed by atoms with E-state index in [2.05, 4.69) is 5.32 Å². The molecule has 3 nitrogen and oxygen atoms in total. The number of carbonyl (C=O) groups excluding carboxylic acids is 1. The topological polar surface area (TPSA) is 32.3 Å². The average Bonchev–Trinajstić information content (AvgIpc) is 2.82. The number of halogens is 1. The van der Waals surface area contributed by atoms with Gasteiger partial charge in [0.2, 0.25) is 0 Å². The summed E-state index contributed by atoms with van der Waals surface area (Å²) in [5.41, 5.74) is 0. The van der Waals surface area contributed by atoms with Crippen molar-refractivity contribution in [2.24, 2.45) is 0 Å². The molecule has 2 heterocycles. The Hall–Kier alpha value is -0.580. The standard InChI is InChI=1S/C11H16N2OS.ClH/c1-13(9-4-6-12-7-5-9)11(14)10-3-2-8-15-10;/h2-3,8-9,12H,4-7H2,1H3;1H. The molecule has 0 atom stereocenters. The van der Waals surface area contributed by atoms with Gasteiger partial charge in [-0.1, -0.05) is 6.07 Å². The first kappa shape index (κ1) is 13.5. The van der Waals surface area contributed by atoms with Crippen LogP contribution >= 0.6 is 23.7 Å². The largest absolute Gasteiger partial charge is 0.338 e. The van der Waals surface area contributed by atoms with Crippen LogP contribution in [0.3, 0.4) is 0 Å². The maximum atomic E-state index is 12.0. The van der Waals surface area contributed by atoms with Crippen molar-refractivity contribution in [2.75, 3.05) is 20.1 Å². The van der Waals surface area contributed by atoms with Crippen LogP contribution in [0, 0.1) is 0 Å². The molecule has 16 heavy (non-hydrogen) atoms. The fourth-order valence-electron chi connectivity index (χ4n) is 1.93. The summed E-state index contributed by atoms with van der Waals surface area (Å²) in [6, 6.07) is 4.22. The van der Waals surface area contributed by atoms with Crippen molar-refractivity contribution in [1.82, 2.24) is 10.2 Å². The lowest BCUT2D eigenvalue weighted by molar-refractivity contribution is 0.0708. The number of nitrogens with zero attached hydrogens (tertiary/aromatic N) is 1. The highest BCUT2D eigenvalue weighted by molar-refractivity contribution is 7.12. The second kappa shape index (κ2) is 6.23. The number of hydrogen-bond acceptors (Lipinski definition) is 3. The Bertz CT molecular complexity index is 323. The van der Waals surface area contributed by atoms with Gasteiger partial charge in [0, 0.05) is 13.1 Å². The molecule has 1 aliphatic rings. The van der Waals surface area contributed by atoms with E-state index in [4.69, 9.17) is 0 Å². The Balaban J connectivity index is 0.00000128. The molecule has 1 saturated heterocycles. The summed E-state index contributed by atoms with van der Waals surface area (Å²) >= 11 is 1.52. The van der Waals surface area contributed by atoms with Gasteiger partial charge >= 0.3 is 0 Å². The van der Waals surface area contributed by atoms with Crippen molar-refractivity contribution in [1.29, 1.82) is 0 Å². The Kier molecular flexibility index (Phi) is 5.25. The summed E-state index contributed by atoms with van der Waals surface area (Å²) in [4.78, 5) is 14.8. The fraction of sp³-hybridized carbons (Fsp3) is 0.545. The Morgan fingerprint density at radius 2 is 2.19 bits per heavy atom. The minimum absolute atomic E-state index is 0. The molecule has 1 aliphatic heterocycles. The summed E-state index contributed by atoms with van der Waals surface area (Å²) < 4.78 is 0. The van der Waals surface area contributed by atoms with Crippen LogP contribution in [-0.2, 0) is 0 Å². The number of carbonyl (C=O) groups is 1. The van der Waals surface area contributed by atoms with Gasteiger partial charge in [-0.2, -0.15) is 0 Å². The monoisotopic (exact) mass is 260 g/mol. The van der Waals surface area contributed by atoms with E-state index in [1.807, 2.05) is 29.5 Å². The SMILES string of the molecule is CN(C(=O)c1cccs1)C1CCNCC1.Cl. The molecule has 1 aromatic rings. The van der Waals surface area contributed by atoms with Gasteiger partial charge in [0.25, 0.3) is 5.91 Å². The summed E-state index contributed by atoms with van der Waals surface area (Å²) in [5.74, 6) is 0.164. The van der Waals surface area contributed by atoms with Crippen molar-refractivity contribution in [3.8, 4) is 0 Å². The van der Waals surface area contributed by atoms with Crippen LogP contribution in [0.2, 0.25) is 0 Å². The molecule has 0 unspecified atom stereocenters. The lowest BCUT2D eigenvalue weighted by Gasteiger charge is -2.31. The average molecular weight is 261 g/mol. The van der Waals surface area contributed by atoms with Crippen molar-refractivity contribution in [2.45, 2.75) is 18.9 Å². The van der Waals surface area contributed by atoms with Crippen molar-refractivity contribution in [3.63, 3.8) is 0 Å². The second-order valence-electron chi connectivity index (χ2n) is 3.87. The first-order chi connectivity index (χ1) is 7.29. The van der Waals surface area contributed by atoms with Gasteiger partial charge in [0.05, 0.1) is 4.88 Å². The highest BCUT2D eigenvalue weighted by Gasteiger charge is 2.22. The normalized spacial score (nSPS) is 16.6. The maximum absolute atomic E-state index is 12.0. The molecule has 0 saturated carbocycles. The number of thiophene rings is 1. The summed E-state index contributed by atoms with van der Waals surface area (Å²) in [6.45, 7) is 2.04. The highest BCUT2D eigenvalue weighted by Crippen LogP contribution is 2.16. The van der Waals surface area contributed by atoms with E-state index in [0.717, 1.165) is 30.8 Å². The van der Waals surface area contributed by atoms with Crippen LogP contribution < -0.4 is 5.32 Å². The molecule has 1 aromatic heterocycles. The Morgan fingerprint density at radius 3 is 2.75 bits per heavy atom. The van der Waals surface area contributed by atoms with Crippen LogP contribution in [0.4, 0.5) is 0 Å². The van der Waals surface area contributed by atoms with Crippen LogP contribution in [-0.4, -0.2) is 37.0 Å². The molecule has 0 bridgehead atoms. The predicted octanol–water partition coefficient (Wildman–Crippen LogP) is 1.99. The van der Waals surface area contributed by atoms with Gasteiger partial charge in [-0.05, 0) is 37.4 Å². The molecular weight excluding hydrogens is 244 g/mol. The van der Waals surface area contributed by atoms with Crippen LogP contribution in [0.15, 0.2) is 17.5 Å². The van der Waals surface area contributed by atoms with Crippen LogP contribution in [0.5, 0.6) is 0 Å². The number of nitrogens with one attached hydrogen (secondary N) is 1. The second-order valence-corrected chi connectivity index (χ2v) is 4.82. The van der Waals surface area contributed by atoms with Crippen LogP contribution in [0.1, 0.15) is 22.5 Å². The van der Waals surface area contributed by atoms with E-state index >= 15 is 0 Å². The van der Waals surface area contributed by atoms with Crippen LogP contribution in [0.25, 0.3) is 0 Å². The van der Waals surface area contributed by atoms with Gasteiger partial charge in [0.15, 0.2) is 0 Å². The number of rotatable bonds is 2. The van der Waals surface area contributed by atoms with E-state index in [-0.39, 0.29) is 18.3 Å². The number of hydrogen-bond donors (Lipinski definition) is 1. The Morgan fingerprint density at radius 1 is 1.50 bits per heavy atom. The third kappa shape index (κ3) is 2.97. The first-order valence-electron chi connectivity index (χ1n) is 5.30. The quantitative estimate of drug-likeness (QED) is 0.882. The lowest BCUT2D eigenvalue weighted by Crippen LogP contribution is -2.43. The summed E-state index contributed by atoms with van der Waals surface area (Å²) in [5, 5.41) is 5.26. The van der Waals surface area contributed by atoms with Crippen molar-refractivity contribution >= 4 is 29.7 Å². The first-order valence-corrected chi connectivity index (χ1v) is 6.18. The molecule has 0 radical (unpaired) electrons. The summed E-state index contributed by atoms with van der Waals surface area (Å²) in [6.07, 6.45) is 2.13. The van der Waals surface area contributed by atoms with Gasteiger partial charge in [-0.15, -0.1) is 23.7 Å². The number of amides is 1. The highest BCUT2D eigenvalue weighted by atomic mass is 35.5. The molecule has 90 valence electrons. The third-order valence-electron chi connectivity index (χ3n) is 2.91. The molecule has 1 N–H and O–H groups in total. The van der Waals surface area contributed by atoms with Gasteiger partial charge in [-0.25, -0.2) is 0 Å². The third-order valence-corrected chi connectivity index (χ3v) is 3.77. The molecule has 1 fully saturated rings. The molecule has 0 spiro atoms. The van der Waals surface area contributed by atoms with Crippen molar-refractivity contribution in [3.05, 3.63) is 22.4 Å². The van der Waals surface area contributed by atoms with Gasteiger partial charge in [0.1, 0.15) is 0 Å². The summed E-state index contributed by atoms with van der Waals surface area (Å²) in [7, 11) is 1.91. The molecule has 1 amide bonds. The zero-order valence-electron chi connectivity index (χ0n) is 9.31. The molecule has 0 aliphatic carbocycles. The lowest BCUT2D eigenvalue weighted by atomic mass is 10.1. The molecule has 2 rings (SSSR count). The molecular formula is C11H17ClN2OS. The number of piperidine rings is 1. The van der Waals surface area contributed by atoms with E-state index < -0.39 is 0 Å². The fourth-order valence-corrected chi connectivity index (χ4v) is 2.64. The zero-order chi connectivity index (χ0) is 10.7. The zero-order valence-corrected chi connectivity index (χ0v) is 10.9. The van der Waals surface area contributed by atoms with E-state index in [0.29, 0.717) is 6.04 Å². The smallest absolute Gasteiger partial charge is 0.263 e. The predicted molar refractivity (Wildman–Crippen MR) is 69.6 cm³/mol. The maximum Gasteiger partial charge on any atom is 0.263 e.